The Kier molecular flexibility index (Phi) is 2.49. The highest BCUT2D eigenvalue weighted by Crippen LogP contribution is 2.25. The van der Waals surface area contributed by atoms with Gasteiger partial charge in [-0.15, -0.1) is 0 Å². The number of benzene rings is 1. The molecule has 1 aromatic carbocycles. The topological polar surface area (TPSA) is 77.8 Å². The van der Waals surface area contributed by atoms with Crippen LogP contribution in [-0.4, -0.2) is 34.2 Å². The van der Waals surface area contributed by atoms with Crippen LogP contribution < -0.4 is 4.90 Å². The summed E-state index contributed by atoms with van der Waals surface area (Å²) in [5.41, 5.74) is 1.12. The van der Waals surface area contributed by atoms with Gasteiger partial charge in [0.1, 0.15) is 0 Å². The van der Waals surface area contributed by atoms with E-state index in [1.807, 2.05) is 0 Å². The first-order chi connectivity index (χ1) is 7.54. The van der Waals surface area contributed by atoms with Crippen LogP contribution in [0.4, 0.5) is 5.69 Å². The molecule has 1 fully saturated rings. The molecule has 2 rings (SSSR count). The fourth-order valence-corrected chi connectivity index (χ4v) is 1.69. The molecule has 0 spiro atoms. The summed E-state index contributed by atoms with van der Waals surface area (Å²) in [5.74, 6) is -1.57. The molecule has 84 valence electrons. The molecule has 5 heteroatoms. The molecule has 1 aromatic rings. The third-order valence-electron chi connectivity index (χ3n) is 2.60. The van der Waals surface area contributed by atoms with E-state index in [1.54, 1.807) is 31.2 Å². The molecule has 1 heterocycles. The lowest BCUT2D eigenvalue weighted by atomic mass is 10.2. The molecule has 16 heavy (non-hydrogen) atoms. The van der Waals surface area contributed by atoms with E-state index < -0.39 is 24.0 Å². The van der Waals surface area contributed by atoms with E-state index in [0.717, 1.165) is 10.5 Å². The molecule has 5 nitrogen and oxygen atoms in total. The highest BCUT2D eigenvalue weighted by molar-refractivity contribution is 6.24. The van der Waals surface area contributed by atoms with E-state index in [-0.39, 0.29) is 0 Å². The van der Waals surface area contributed by atoms with Gasteiger partial charge in [-0.05, 0) is 18.6 Å². The lowest BCUT2D eigenvalue weighted by Crippen LogP contribution is -2.32. The molecule has 0 aromatic heterocycles. The van der Waals surface area contributed by atoms with Gasteiger partial charge in [0.15, 0.2) is 12.2 Å². The predicted molar refractivity (Wildman–Crippen MR) is 55.7 cm³/mol. The summed E-state index contributed by atoms with van der Waals surface area (Å²) in [7, 11) is 0. The molecule has 2 N–H and O–H groups in total. The van der Waals surface area contributed by atoms with Crippen molar-refractivity contribution in [3.63, 3.8) is 0 Å². The van der Waals surface area contributed by atoms with Crippen molar-refractivity contribution in [2.75, 3.05) is 4.90 Å². The Bertz CT molecular complexity index is 437. The van der Waals surface area contributed by atoms with Crippen LogP contribution in [0.25, 0.3) is 0 Å². The number of imide groups is 1. The highest BCUT2D eigenvalue weighted by Gasteiger charge is 2.46. The van der Waals surface area contributed by atoms with Crippen molar-refractivity contribution in [1.29, 1.82) is 0 Å². The van der Waals surface area contributed by atoms with Crippen LogP contribution in [0.3, 0.4) is 0 Å². The van der Waals surface area contributed by atoms with Gasteiger partial charge in [0.25, 0.3) is 11.8 Å². The predicted octanol–water partition coefficient (Wildman–Crippen LogP) is -0.410. The first kappa shape index (κ1) is 10.8. The number of hydrogen-bond donors (Lipinski definition) is 2. The number of carbonyl (C=O) groups excluding carboxylic acids is 2. The Morgan fingerprint density at radius 1 is 1.06 bits per heavy atom. The van der Waals surface area contributed by atoms with Gasteiger partial charge in [-0.2, -0.15) is 0 Å². The SMILES string of the molecule is Cc1ccccc1N1C(=O)C(O)C(O)C1=O. The molecule has 1 aliphatic heterocycles. The Morgan fingerprint density at radius 2 is 1.56 bits per heavy atom. The smallest absolute Gasteiger partial charge is 0.265 e. The third kappa shape index (κ3) is 1.41. The first-order valence-corrected chi connectivity index (χ1v) is 4.83. The first-order valence-electron chi connectivity index (χ1n) is 4.83. The van der Waals surface area contributed by atoms with Gasteiger partial charge in [0.2, 0.25) is 0 Å². The maximum atomic E-state index is 11.6. The normalized spacial score (nSPS) is 25.3. The van der Waals surface area contributed by atoms with Crippen molar-refractivity contribution >= 4 is 17.5 Å². The standard InChI is InChI=1S/C11H11NO4/c1-6-4-2-3-5-7(6)12-10(15)8(13)9(14)11(12)16/h2-5,8-9,13-14H,1H3. The zero-order chi connectivity index (χ0) is 11.9. The zero-order valence-electron chi connectivity index (χ0n) is 8.62. The minimum atomic E-state index is -1.66. The molecule has 0 bridgehead atoms. The summed E-state index contributed by atoms with van der Waals surface area (Å²) in [6.45, 7) is 1.74. The minimum absolute atomic E-state index is 0.396. The fourth-order valence-electron chi connectivity index (χ4n) is 1.69. The van der Waals surface area contributed by atoms with Gasteiger partial charge in [-0.1, -0.05) is 18.2 Å². The number of aryl methyl sites for hydroxylation is 1. The molecule has 2 unspecified atom stereocenters. The summed E-state index contributed by atoms with van der Waals surface area (Å²) in [5, 5.41) is 18.6. The van der Waals surface area contributed by atoms with Gasteiger partial charge in [0, 0.05) is 0 Å². The number of hydrogen-bond acceptors (Lipinski definition) is 4. The van der Waals surface area contributed by atoms with Gasteiger partial charge < -0.3 is 10.2 Å². The molecular formula is C11H11NO4. The second-order valence-electron chi connectivity index (χ2n) is 3.69. The minimum Gasteiger partial charge on any atom is -0.380 e. The van der Waals surface area contributed by atoms with E-state index >= 15 is 0 Å². The van der Waals surface area contributed by atoms with Crippen LogP contribution in [-0.2, 0) is 9.59 Å². The molecule has 2 amide bonds. The molecule has 0 aliphatic carbocycles. The number of aliphatic hydroxyl groups is 2. The van der Waals surface area contributed by atoms with E-state index in [2.05, 4.69) is 0 Å². The Morgan fingerprint density at radius 3 is 2.06 bits per heavy atom. The summed E-state index contributed by atoms with van der Waals surface area (Å²) >= 11 is 0. The largest absolute Gasteiger partial charge is 0.380 e. The Hall–Kier alpha value is -1.72. The van der Waals surface area contributed by atoms with Gasteiger partial charge in [-0.25, -0.2) is 4.90 Å². The number of amides is 2. The van der Waals surface area contributed by atoms with Crippen LogP contribution >= 0.6 is 0 Å². The Labute approximate surface area is 91.9 Å². The average Bonchev–Trinajstić information content (AvgIpc) is 2.45. The van der Waals surface area contributed by atoms with E-state index in [1.165, 1.54) is 0 Å². The second kappa shape index (κ2) is 3.70. The number of carbonyl (C=O) groups is 2. The highest BCUT2D eigenvalue weighted by atomic mass is 16.4. The molecule has 1 aliphatic rings. The van der Waals surface area contributed by atoms with Gasteiger partial charge >= 0.3 is 0 Å². The second-order valence-corrected chi connectivity index (χ2v) is 3.69. The number of aliphatic hydroxyl groups excluding tert-OH is 2. The lowest BCUT2D eigenvalue weighted by molar-refractivity contribution is -0.129. The average molecular weight is 221 g/mol. The molecule has 1 saturated heterocycles. The summed E-state index contributed by atoms with van der Waals surface area (Å²) in [4.78, 5) is 24.0. The monoisotopic (exact) mass is 221 g/mol. The lowest BCUT2D eigenvalue weighted by Gasteiger charge is -2.15. The van der Waals surface area contributed by atoms with E-state index in [9.17, 15) is 19.8 Å². The maximum Gasteiger partial charge on any atom is 0.265 e. The van der Waals surface area contributed by atoms with Crippen LogP contribution in [0.5, 0.6) is 0 Å². The van der Waals surface area contributed by atoms with E-state index in [0.29, 0.717) is 5.69 Å². The van der Waals surface area contributed by atoms with Crippen LogP contribution in [0.1, 0.15) is 5.56 Å². The van der Waals surface area contributed by atoms with Crippen molar-refractivity contribution in [2.24, 2.45) is 0 Å². The number of para-hydroxylation sites is 1. The number of anilines is 1. The van der Waals surface area contributed by atoms with Crippen LogP contribution in [0.15, 0.2) is 24.3 Å². The van der Waals surface area contributed by atoms with Crippen LogP contribution in [0.2, 0.25) is 0 Å². The Balaban J connectivity index is 2.47. The quantitative estimate of drug-likeness (QED) is 0.632. The zero-order valence-corrected chi connectivity index (χ0v) is 8.62. The summed E-state index contributed by atoms with van der Waals surface area (Å²) < 4.78 is 0. The number of rotatable bonds is 1. The molecule has 2 atom stereocenters. The third-order valence-corrected chi connectivity index (χ3v) is 2.60. The van der Waals surface area contributed by atoms with Crippen LogP contribution in [0, 0.1) is 6.92 Å². The van der Waals surface area contributed by atoms with Gasteiger partial charge in [-0.3, -0.25) is 9.59 Å². The maximum absolute atomic E-state index is 11.6. The van der Waals surface area contributed by atoms with Crippen molar-refractivity contribution in [3.8, 4) is 0 Å². The fraction of sp³-hybridized carbons (Fsp3) is 0.273. The molecular weight excluding hydrogens is 210 g/mol. The van der Waals surface area contributed by atoms with Crippen molar-refractivity contribution in [3.05, 3.63) is 29.8 Å². The van der Waals surface area contributed by atoms with Crippen molar-refractivity contribution < 1.29 is 19.8 Å². The van der Waals surface area contributed by atoms with Gasteiger partial charge in [0.05, 0.1) is 5.69 Å². The number of nitrogens with zero attached hydrogens (tertiary/aromatic N) is 1. The van der Waals surface area contributed by atoms with E-state index in [4.69, 9.17) is 0 Å². The molecule has 0 saturated carbocycles. The summed E-state index contributed by atoms with van der Waals surface area (Å²) in [6.07, 6.45) is -3.32. The summed E-state index contributed by atoms with van der Waals surface area (Å²) in [6, 6.07) is 6.79. The van der Waals surface area contributed by atoms with Crippen molar-refractivity contribution in [2.45, 2.75) is 19.1 Å². The molecule has 0 radical (unpaired) electrons. The van der Waals surface area contributed by atoms with Crippen molar-refractivity contribution in [1.82, 2.24) is 0 Å².